The van der Waals surface area contributed by atoms with Crippen LogP contribution in [0.4, 0.5) is 26.3 Å². The molecule has 2 aromatic rings. The van der Waals surface area contributed by atoms with Gasteiger partial charge < -0.3 is 15.2 Å². The lowest BCUT2D eigenvalue weighted by atomic mass is 10.0. The van der Waals surface area contributed by atoms with Crippen molar-refractivity contribution in [3.05, 3.63) is 70.8 Å². The second kappa shape index (κ2) is 9.38. The minimum atomic E-state index is -4.61. The predicted octanol–water partition coefficient (Wildman–Crippen LogP) is 3.66. The van der Waals surface area contributed by atoms with Gasteiger partial charge in [0.05, 0.1) is 18.2 Å². The predicted molar refractivity (Wildman–Crippen MR) is 95.5 cm³/mol. The number of amides is 1. The Bertz CT molecular complexity index is 925. The van der Waals surface area contributed by atoms with E-state index in [4.69, 9.17) is 0 Å². The van der Waals surface area contributed by atoms with Crippen LogP contribution >= 0.6 is 0 Å². The Morgan fingerprint density at radius 3 is 2.06 bits per heavy atom. The van der Waals surface area contributed by atoms with Crippen LogP contribution in [0, 0.1) is 0 Å². The summed E-state index contributed by atoms with van der Waals surface area (Å²) in [5.74, 6) is -2.12. The molecule has 31 heavy (non-hydrogen) atoms. The van der Waals surface area contributed by atoms with Gasteiger partial charge in [0.2, 0.25) is 0 Å². The third-order valence-corrected chi connectivity index (χ3v) is 4.30. The molecule has 0 aliphatic rings. The van der Waals surface area contributed by atoms with Gasteiger partial charge in [0.15, 0.2) is 6.10 Å². The monoisotopic (exact) mass is 449 g/mol. The van der Waals surface area contributed by atoms with E-state index in [0.29, 0.717) is 12.1 Å². The fourth-order valence-corrected chi connectivity index (χ4v) is 2.70. The van der Waals surface area contributed by atoms with Crippen LogP contribution in [-0.4, -0.2) is 30.1 Å². The molecule has 2 N–H and O–H groups in total. The minimum absolute atomic E-state index is 0.0644. The fraction of sp³-hybridized carbons (Fsp3) is 0.300. The molecule has 0 unspecified atom stereocenters. The standard InChI is InChI=1S/C20H17F6NO4/c1-31-18(30)15(10-11-3-2-4-14(9-11)20(24,25)26)27-17(29)16(28)12-5-7-13(8-6-12)19(21,22)23/h2-9,15-16,28H,10H2,1H3,(H,27,29)/t15-,16+/m0/s1. The molecule has 0 aromatic heterocycles. The summed E-state index contributed by atoms with van der Waals surface area (Å²) in [7, 11) is 1.000. The lowest BCUT2D eigenvalue weighted by Gasteiger charge is -2.20. The Morgan fingerprint density at radius 1 is 0.968 bits per heavy atom. The van der Waals surface area contributed by atoms with Gasteiger partial charge in [-0.15, -0.1) is 0 Å². The Kier molecular flexibility index (Phi) is 7.32. The summed E-state index contributed by atoms with van der Waals surface area (Å²) in [4.78, 5) is 24.3. The van der Waals surface area contributed by atoms with Gasteiger partial charge in [0.25, 0.3) is 5.91 Å². The Morgan fingerprint density at radius 2 is 1.55 bits per heavy atom. The molecule has 168 valence electrons. The van der Waals surface area contributed by atoms with Crippen LogP contribution < -0.4 is 5.32 Å². The van der Waals surface area contributed by atoms with Crippen LogP contribution in [0.25, 0.3) is 0 Å². The lowest BCUT2D eigenvalue weighted by molar-refractivity contribution is -0.146. The molecule has 0 aliphatic heterocycles. The Balaban J connectivity index is 2.17. The molecule has 5 nitrogen and oxygen atoms in total. The normalized spacial score (nSPS) is 13.9. The number of hydrogen-bond donors (Lipinski definition) is 2. The van der Waals surface area contributed by atoms with Crippen molar-refractivity contribution in [3.8, 4) is 0 Å². The zero-order valence-electron chi connectivity index (χ0n) is 15.9. The van der Waals surface area contributed by atoms with Gasteiger partial charge in [-0.05, 0) is 29.3 Å². The third kappa shape index (κ3) is 6.45. The highest BCUT2D eigenvalue weighted by Crippen LogP contribution is 2.31. The molecule has 0 saturated carbocycles. The third-order valence-electron chi connectivity index (χ3n) is 4.30. The van der Waals surface area contributed by atoms with E-state index in [0.717, 1.165) is 37.4 Å². The van der Waals surface area contributed by atoms with Crippen LogP contribution in [0.15, 0.2) is 48.5 Å². The first-order chi connectivity index (χ1) is 14.3. The fourth-order valence-electron chi connectivity index (χ4n) is 2.70. The molecule has 2 aromatic carbocycles. The van der Waals surface area contributed by atoms with E-state index < -0.39 is 47.5 Å². The summed E-state index contributed by atoms with van der Waals surface area (Å²) in [6.45, 7) is 0. The summed E-state index contributed by atoms with van der Waals surface area (Å²) in [6.07, 6.45) is -11.5. The maximum atomic E-state index is 12.9. The summed E-state index contributed by atoms with van der Waals surface area (Å²) < 4.78 is 81.0. The van der Waals surface area contributed by atoms with Crippen molar-refractivity contribution in [2.45, 2.75) is 30.9 Å². The van der Waals surface area contributed by atoms with Crippen LogP contribution in [-0.2, 0) is 33.1 Å². The Labute approximate surface area is 172 Å². The molecule has 11 heteroatoms. The highest BCUT2D eigenvalue weighted by Gasteiger charge is 2.32. The molecular weight excluding hydrogens is 432 g/mol. The number of nitrogens with one attached hydrogen (secondary N) is 1. The molecule has 0 spiro atoms. The first-order valence-corrected chi connectivity index (χ1v) is 8.72. The number of aliphatic hydroxyl groups is 1. The second-order valence-corrected chi connectivity index (χ2v) is 6.51. The number of methoxy groups -OCH3 is 1. The van der Waals surface area contributed by atoms with Gasteiger partial charge in [-0.2, -0.15) is 26.3 Å². The van der Waals surface area contributed by atoms with E-state index >= 15 is 0 Å². The van der Waals surface area contributed by atoms with Gasteiger partial charge in [0.1, 0.15) is 6.04 Å². The quantitative estimate of drug-likeness (QED) is 0.522. The lowest BCUT2D eigenvalue weighted by Crippen LogP contribution is -2.45. The molecule has 0 bridgehead atoms. The zero-order valence-corrected chi connectivity index (χ0v) is 15.9. The molecule has 0 fully saturated rings. The number of carbonyl (C=O) groups is 2. The van der Waals surface area contributed by atoms with E-state index in [2.05, 4.69) is 10.1 Å². The minimum Gasteiger partial charge on any atom is -0.467 e. The average molecular weight is 449 g/mol. The van der Waals surface area contributed by atoms with Crippen LogP contribution in [0.1, 0.15) is 28.4 Å². The van der Waals surface area contributed by atoms with Gasteiger partial charge in [-0.3, -0.25) is 4.79 Å². The van der Waals surface area contributed by atoms with Crippen molar-refractivity contribution in [1.82, 2.24) is 5.32 Å². The number of halogens is 6. The summed E-state index contributed by atoms with van der Waals surface area (Å²) in [6, 6.07) is 5.77. The van der Waals surface area contributed by atoms with E-state index in [1.807, 2.05) is 0 Å². The molecule has 2 rings (SSSR count). The van der Waals surface area contributed by atoms with Gasteiger partial charge >= 0.3 is 18.3 Å². The smallest absolute Gasteiger partial charge is 0.416 e. The molecule has 2 atom stereocenters. The maximum Gasteiger partial charge on any atom is 0.416 e. The largest absolute Gasteiger partial charge is 0.467 e. The first kappa shape index (κ1) is 24.2. The highest BCUT2D eigenvalue weighted by molar-refractivity contribution is 5.87. The van der Waals surface area contributed by atoms with Crippen molar-refractivity contribution in [3.63, 3.8) is 0 Å². The van der Waals surface area contributed by atoms with Crippen LogP contribution in [0.3, 0.4) is 0 Å². The number of ether oxygens (including phenoxy) is 1. The molecule has 1 amide bonds. The second-order valence-electron chi connectivity index (χ2n) is 6.51. The first-order valence-electron chi connectivity index (χ1n) is 8.72. The van der Waals surface area contributed by atoms with E-state index in [9.17, 15) is 41.0 Å². The number of esters is 1. The van der Waals surface area contributed by atoms with Gasteiger partial charge in [-0.1, -0.05) is 30.3 Å². The summed E-state index contributed by atoms with van der Waals surface area (Å²) in [5.41, 5.74) is -2.05. The van der Waals surface area contributed by atoms with E-state index in [1.165, 1.54) is 6.07 Å². The number of aliphatic hydroxyl groups excluding tert-OH is 1. The molecule has 0 heterocycles. The zero-order chi connectivity index (χ0) is 23.4. The topological polar surface area (TPSA) is 75.6 Å². The van der Waals surface area contributed by atoms with Crippen molar-refractivity contribution >= 4 is 11.9 Å². The molecule has 0 saturated heterocycles. The average Bonchev–Trinajstić information content (AvgIpc) is 2.71. The number of hydrogen-bond acceptors (Lipinski definition) is 4. The van der Waals surface area contributed by atoms with Crippen molar-refractivity contribution in [1.29, 1.82) is 0 Å². The van der Waals surface area contributed by atoms with Crippen molar-refractivity contribution < 1.29 is 45.8 Å². The van der Waals surface area contributed by atoms with Crippen molar-refractivity contribution in [2.24, 2.45) is 0 Å². The summed E-state index contributed by atoms with van der Waals surface area (Å²) in [5, 5.41) is 12.3. The van der Waals surface area contributed by atoms with E-state index in [1.54, 1.807) is 0 Å². The summed E-state index contributed by atoms with van der Waals surface area (Å²) >= 11 is 0. The number of benzene rings is 2. The number of rotatable bonds is 6. The molecule has 0 radical (unpaired) electrons. The SMILES string of the molecule is COC(=O)[C@H](Cc1cccc(C(F)(F)F)c1)NC(=O)[C@H](O)c1ccc(C(F)(F)F)cc1. The Hall–Kier alpha value is -3.08. The van der Waals surface area contributed by atoms with E-state index in [-0.39, 0.29) is 17.5 Å². The number of carbonyl (C=O) groups excluding carboxylic acids is 2. The van der Waals surface area contributed by atoms with Crippen LogP contribution in [0.2, 0.25) is 0 Å². The van der Waals surface area contributed by atoms with Crippen molar-refractivity contribution in [2.75, 3.05) is 7.11 Å². The van der Waals surface area contributed by atoms with Gasteiger partial charge in [-0.25, -0.2) is 4.79 Å². The molecule has 0 aliphatic carbocycles. The maximum absolute atomic E-state index is 12.9. The van der Waals surface area contributed by atoms with Gasteiger partial charge in [0, 0.05) is 6.42 Å². The van der Waals surface area contributed by atoms with Crippen LogP contribution in [0.5, 0.6) is 0 Å². The molecular formula is C20H17F6NO4. The highest BCUT2D eigenvalue weighted by atomic mass is 19.4. The number of alkyl halides is 6.